The van der Waals surface area contributed by atoms with Gasteiger partial charge in [-0.25, -0.2) is 9.59 Å². The third kappa shape index (κ3) is 3.52. The first-order valence-electron chi connectivity index (χ1n) is 10.0. The summed E-state index contributed by atoms with van der Waals surface area (Å²) in [6.45, 7) is 0.0828. The lowest BCUT2D eigenvalue weighted by atomic mass is 9.83. The smallest absolute Gasteiger partial charge is 0.371 e. The van der Waals surface area contributed by atoms with Crippen LogP contribution in [0, 0.1) is 4.64 Å². The van der Waals surface area contributed by atoms with Crippen LogP contribution in [0.1, 0.15) is 50.1 Å². The van der Waals surface area contributed by atoms with Crippen molar-refractivity contribution in [1.82, 2.24) is 9.55 Å². The van der Waals surface area contributed by atoms with E-state index >= 15 is 0 Å². The van der Waals surface area contributed by atoms with Crippen LogP contribution in [0.4, 0.5) is 0 Å². The number of rotatable bonds is 4. The Morgan fingerprint density at radius 3 is 2.19 bits per heavy atom. The van der Waals surface area contributed by atoms with Crippen LogP contribution in [-0.2, 0) is 6.54 Å². The summed E-state index contributed by atoms with van der Waals surface area (Å²) < 4.78 is 7.17. The average Bonchev–Trinajstić information content (AvgIpc) is 3.19. The SMILES string of the molecule is O=C(O)c1ccc(Cn2cc(C3c4ccccc4C=Cc4ccccc43)c(=S)[nH]c2=O)o1. The Labute approximate surface area is 188 Å². The summed E-state index contributed by atoms with van der Waals surface area (Å²) in [5.41, 5.74) is 4.73. The predicted molar refractivity (Wildman–Crippen MR) is 123 cm³/mol. The average molecular weight is 442 g/mol. The Morgan fingerprint density at radius 1 is 0.969 bits per heavy atom. The standard InChI is InChI=1S/C25H18N2O4S/c28-24(29)21-12-11-17(31-21)13-27-14-20(23(32)26-25(27)30)22-18-7-3-1-5-15(18)9-10-16-6-2-4-8-19(16)22/h1-12,14,22H,13H2,(H,28,29)(H,26,30,32). The van der Waals surface area contributed by atoms with E-state index in [2.05, 4.69) is 41.4 Å². The summed E-state index contributed by atoms with van der Waals surface area (Å²) in [5.74, 6) is -1.14. The van der Waals surface area contributed by atoms with Crippen molar-refractivity contribution in [3.05, 3.63) is 121 Å². The molecule has 5 rings (SSSR count). The van der Waals surface area contributed by atoms with E-state index in [0.29, 0.717) is 10.4 Å². The number of nitrogens with zero attached hydrogens (tertiary/aromatic N) is 1. The molecule has 32 heavy (non-hydrogen) atoms. The summed E-state index contributed by atoms with van der Waals surface area (Å²) in [7, 11) is 0. The van der Waals surface area contributed by atoms with Crippen molar-refractivity contribution in [3.8, 4) is 0 Å². The van der Waals surface area contributed by atoms with Gasteiger partial charge in [-0.2, -0.15) is 0 Å². The second kappa shape index (κ2) is 7.94. The van der Waals surface area contributed by atoms with Gasteiger partial charge in [0, 0.05) is 17.7 Å². The Kier molecular flexibility index (Phi) is 4.95. The van der Waals surface area contributed by atoms with Gasteiger partial charge in [0.1, 0.15) is 10.4 Å². The number of hydrogen-bond acceptors (Lipinski definition) is 4. The van der Waals surface area contributed by atoms with Gasteiger partial charge in [-0.3, -0.25) is 9.55 Å². The van der Waals surface area contributed by atoms with Crippen molar-refractivity contribution < 1.29 is 14.3 Å². The molecule has 0 saturated carbocycles. The third-order valence-corrected chi connectivity index (χ3v) is 5.94. The molecule has 6 nitrogen and oxygen atoms in total. The van der Waals surface area contributed by atoms with E-state index < -0.39 is 5.97 Å². The van der Waals surface area contributed by atoms with Gasteiger partial charge in [0.2, 0.25) is 5.76 Å². The molecule has 0 spiro atoms. The van der Waals surface area contributed by atoms with Crippen LogP contribution in [0.5, 0.6) is 0 Å². The molecule has 2 aromatic heterocycles. The molecule has 0 radical (unpaired) electrons. The molecule has 7 heteroatoms. The fourth-order valence-corrected chi connectivity index (χ4v) is 4.39. The molecule has 0 saturated heterocycles. The molecular formula is C25H18N2O4S. The van der Waals surface area contributed by atoms with Gasteiger partial charge in [-0.15, -0.1) is 0 Å². The molecule has 4 aromatic rings. The summed E-state index contributed by atoms with van der Waals surface area (Å²) in [4.78, 5) is 26.5. The normalized spacial score (nSPS) is 12.8. The Balaban J connectivity index is 1.67. The highest BCUT2D eigenvalue weighted by atomic mass is 32.1. The number of fused-ring (bicyclic) bond motifs is 2. The summed E-state index contributed by atoms with van der Waals surface area (Å²) in [5, 5.41) is 9.09. The van der Waals surface area contributed by atoms with Crippen molar-refractivity contribution in [2.24, 2.45) is 0 Å². The number of benzene rings is 2. The van der Waals surface area contributed by atoms with Crippen LogP contribution in [0.25, 0.3) is 12.2 Å². The van der Waals surface area contributed by atoms with Gasteiger partial charge in [0.25, 0.3) is 0 Å². The lowest BCUT2D eigenvalue weighted by Crippen LogP contribution is -2.25. The zero-order valence-corrected chi connectivity index (χ0v) is 17.6. The van der Waals surface area contributed by atoms with E-state index in [1.807, 2.05) is 24.3 Å². The van der Waals surface area contributed by atoms with Crippen LogP contribution in [0.2, 0.25) is 0 Å². The Morgan fingerprint density at radius 2 is 1.59 bits per heavy atom. The second-order valence-corrected chi connectivity index (χ2v) is 7.98. The maximum atomic E-state index is 12.6. The molecule has 2 N–H and O–H groups in total. The molecule has 2 aromatic carbocycles. The molecule has 0 atom stereocenters. The molecule has 0 aliphatic heterocycles. The number of nitrogens with one attached hydrogen (secondary N) is 1. The molecule has 158 valence electrons. The van der Waals surface area contributed by atoms with Gasteiger partial charge >= 0.3 is 11.7 Å². The Bertz CT molecular complexity index is 1440. The highest BCUT2D eigenvalue weighted by molar-refractivity contribution is 7.71. The van der Waals surface area contributed by atoms with E-state index in [-0.39, 0.29) is 23.9 Å². The van der Waals surface area contributed by atoms with Gasteiger partial charge in [-0.05, 0) is 34.4 Å². The minimum Gasteiger partial charge on any atom is -0.475 e. The van der Waals surface area contributed by atoms with Crippen LogP contribution in [0.15, 0.2) is 76.1 Å². The van der Waals surface area contributed by atoms with Crippen molar-refractivity contribution in [3.63, 3.8) is 0 Å². The van der Waals surface area contributed by atoms with Crippen molar-refractivity contribution >= 4 is 30.3 Å². The Hall–Kier alpha value is -3.97. The van der Waals surface area contributed by atoms with Crippen LogP contribution in [-0.4, -0.2) is 20.6 Å². The van der Waals surface area contributed by atoms with Crippen molar-refractivity contribution in [1.29, 1.82) is 0 Å². The molecule has 1 aliphatic rings. The number of H-pyrrole nitrogens is 1. The largest absolute Gasteiger partial charge is 0.475 e. The van der Waals surface area contributed by atoms with Gasteiger partial charge in [0.05, 0.1) is 6.54 Å². The van der Waals surface area contributed by atoms with Gasteiger partial charge in [0.15, 0.2) is 0 Å². The monoisotopic (exact) mass is 442 g/mol. The van der Waals surface area contributed by atoms with Crippen molar-refractivity contribution in [2.75, 3.05) is 0 Å². The minimum absolute atomic E-state index is 0.0828. The topological polar surface area (TPSA) is 88.2 Å². The summed E-state index contributed by atoms with van der Waals surface area (Å²) in [6, 6.07) is 19.2. The van der Waals surface area contributed by atoms with Gasteiger partial charge < -0.3 is 9.52 Å². The molecule has 2 heterocycles. The van der Waals surface area contributed by atoms with Gasteiger partial charge in [-0.1, -0.05) is 72.9 Å². The minimum atomic E-state index is -1.16. The second-order valence-electron chi connectivity index (χ2n) is 7.57. The number of aromatic nitrogens is 2. The first kappa shape index (κ1) is 20.0. The molecule has 0 fully saturated rings. The van der Waals surface area contributed by atoms with Crippen molar-refractivity contribution in [2.45, 2.75) is 12.5 Å². The van der Waals surface area contributed by atoms with E-state index in [1.54, 1.807) is 12.3 Å². The maximum absolute atomic E-state index is 12.6. The molecule has 0 bridgehead atoms. The molecule has 0 amide bonds. The highest BCUT2D eigenvalue weighted by Crippen LogP contribution is 2.39. The quantitative estimate of drug-likeness (QED) is 0.386. The van der Waals surface area contributed by atoms with Crippen LogP contribution in [0.3, 0.4) is 0 Å². The first-order valence-corrected chi connectivity index (χ1v) is 10.4. The fourth-order valence-electron chi connectivity index (χ4n) is 4.13. The summed E-state index contributed by atoms with van der Waals surface area (Å²) >= 11 is 5.59. The van der Waals surface area contributed by atoms with E-state index in [1.165, 1.54) is 10.6 Å². The zero-order valence-electron chi connectivity index (χ0n) is 16.8. The number of hydrogen-bond donors (Lipinski definition) is 2. The first-order chi connectivity index (χ1) is 15.5. The third-order valence-electron chi connectivity index (χ3n) is 5.60. The number of carboxylic acid groups (broad SMARTS) is 1. The summed E-state index contributed by atoms with van der Waals surface area (Å²) in [6.07, 6.45) is 5.92. The maximum Gasteiger partial charge on any atom is 0.371 e. The van der Waals surface area contributed by atoms with E-state index in [0.717, 1.165) is 27.8 Å². The number of aromatic amines is 1. The van der Waals surface area contributed by atoms with E-state index in [9.17, 15) is 9.59 Å². The predicted octanol–water partition coefficient (Wildman–Crippen LogP) is 4.91. The number of carbonyl (C=O) groups is 1. The lowest BCUT2D eigenvalue weighted by molar-refractivity contribution is 0.0660. The number of furan rings is 1. The number of aromatic carboxylic acids is 1. The molecule has 0 unspecified atom stereocenters. The number of carboxylic acids is 1. The molecule has 1 aliphatic carbocycles. The lowest BCUT2D eigenvalue weighted by Gasteiger charge is -2.21. The van der Waals surface area contributed by atoms with E-state index in [4.69, 9.17) is 21.7 Å². The molecular weight excluding hydrogens is 424 g/mol. The highest BCUT2D eigenvalue weighted by Gasteiger charge is 2.25. The van der Waals surface area contributed by atoms with Crippen LogP contribution < -0.4 is 5.69 Å². The van der Waals surface area contributed by atoms with Crippen LogP contribution >= 0.6 is 12.2 Å². The zero-order chi connectivity index (χ0) is 22.2. The fraction of sp³-hybridized carbons (Fsp3) is 0.0800.